The smallest absolute Gasteiger partial charge is 0.224 e. The Kier molecular flexibility index (Phi) is 6.85. The third kappa shape index (κ3) is 5.18. The zero-order chi connectivity index (χ0) is 20.1. The van der Waals surface area contributed by atoms with Gasteiger partial charge in [-0.05, 0) is 69.1 Å². The van der Waals surface area contributed by atoms with Gasteiger partial charge in [-0.2, -0.15) is 0 Å². The summed E-state index contributed by atoms with van der Waals surface area (Å²) in [5.74, 6) is 0.319. The third-order valence-corrected chi connectivity index (χ3v) is 6.43. The number of furan rings is 1. The van der Waals surface area contributed by atoms with Crippen LogP contribution in [-0.4, -0.2) is 68.2 Å². The first-order chi connectivity index (χ1) is 14.2. The minimum absolute atomic E-state index is 0.125. The highest BCUT2D eigenvalue weighted by molar-refractivity contribution is 5.79. The molecule has 29 heavy (non-hydrogen) atoms. The van der Waals surface area contributed by atoms with Crippen LogP contribution in [-0.2, 0) is 16.1 Å². The van der Waals surface area contributed by atoms with E-state index in [1.54, 1.807) is 13.4 Å². The number of ether oxygens (including phenoxy) is 1. The number of hydrogen-bond donors (Lipinski definition) is 1. The van der Waals surface area contributed by atoms with Crippen molar-refractivity contribution in [3.05, 3.63) is 36.1 Å². The van der Waals surface area contributed by atoms with Crippen molar-refractivity contribution >= 4 is 16.9 Å². The molecule has 4 rings (SSSR count). The summed E-state index contributed by atoms with van der Waals surface area (Å²) in [5.41, 5.74) is 2.31. The molecule has 2 aliphatic rings. The van der Waals surface area contributed by atoms with E-state index in [1.165, 1.54) is 23.8 Å². The lowest BCUT2D eigenvalue weighted by Crippen LogP contribution is -2.50. The second-order valence-electron chi connectivity index (χ2n) is 8.42. The molecule has 0 aliphatic carbocycles. The Morgan fingerprint density at radius 3 is 2.90 bits per heavy atom. The maximum absolute atomic E-state index is 12.4. The van der Waals surface area contributed by atoms with Crippen LogP contribution in [0.1, 0.15) is 31.2 Å². The van der Waals surface area contributed by atoms with E-state index in [2.05, 4.69) is 33.3 Å². The molecular formula is C23H33N3O3. The van der Waals surface area contributed by atoms with Crippen LogP contribution >= 0.6 is 0 Å². The van der Waals surface area contributed by atoms with Gasteiger partial charge in [0.15, 0.2) is 0 Å². The predicted molar refractivity (Wildman–Crippen MR) is 114 cm³/mol. The second kappa shape index (κ2) is 9.74. The number of likely N-dealkylation sites (tertiary alicyclic amines) is 2. The Labute approximate surface area is 173 Å². The monoisotopic (exact) mass is 399 g/mol. The van der Waals surface area contributed by atoms with Crippen molar-refractivity contribution in [2.75, 3.05) is 46.4 Å². The average molecular weight is 400 g/mol. The third-order valence-electron chi connectivity index (χ3n) is 6.43. The van der Waals surface area contributed by atoms with Gasteiger partial charge < -0.3 is 14.5 Å². The Balaban J connectivity index is 1.25. The molecule has 2 aliphatic heterocycles. The fourth-order valence-electron chi connectivity index (χ4n) is 4.79. The van der Waals surface area contributed by atoms with Gasteiger partial charge in [0.05, 0.1) is 18.8 Å². The van der Waals surface area contributed by atoms with Crippen LogP contribution in [0.2, 0.25) is 0 Å². The highest BCUT2D eigenvalue weighted by atomic mass is 16.5. The van der Waals surface area contributed by atoms with Gasteiger partial charge in [0.25, 0.3) is 0 Å². The molecule has 6 nitrogen and oxygen atoms in total. The average Bonchev–Trinajstić information content (AvgIpc) is 3.22. The lowest BCUT2D eigenvalue weighted by molar-refractivity contribution is -0.127. The first-order valence-electron chi connectivity index (χ1n) is 10.9. The molecule has 0 saturated carbocycles. The van der Waals surface area contributed by atoms with Gasteiger partial charge in [-0.15, -0.1) is 0 Å². The summed E-state index contributed by atoms with van der Waals surface area (Å²) in [6.07, 6.45) is 6.25. The summed E-state index contributed by atoms with van der Waals surface area (Å²) in [6, 6.07) is 9.13. The summed E-state index contributed by atoms with van der Waals surface area (Å²) in [6.45, 7) is 6.45. The summed E-state index contributed by atoms with van der Waals surface area (Å²) in [7, 11) is 1.66. The largest absolute Gasteiger partial charge is 0.464 e. The molecule has 1 N–H and O–H groups in total. The Bertz CT molecular complexity index is 798. The highest BCUT2D eigenvalue weighted by Crippen LogP contribution is 2.25. The molecule has 2 fully saturated rings. The van der Waals surface area contributed by atoms with Gasteiger partial charge in [-0.25, -0.2) is 0 Å². The van der Waals surface area contributed by atoms with Crippen LogP contribution in [0, 0.1) is 5.92 Å². The molecule has 1 aromatic carbocycles. The first-order valence-corrected chi connectivity index (χ1v) is 10.9. The first kappa shape index (κ1) is 20.4. The van der Waals surface area contributed by atoms with E-state index in [-0.39, 0.29) is 11.8 Å². The van der Waals surface area contributed by atoms with Gasteiger partial charge in [0.1, 0.15) is 5.58 Å². The number of piperidine rings is 2. The maximum atomic E-state index is 12.4. The molecule has 0 bridgehead atoms. The van der Waals surface area contributed by atoms with Crippen LogP contribution in [0.15, 0.2) is 34.9 Å². The van der Waals surface area contributed by atoms with Crippen LogP contribution < -0.4 is 5.32 Å². The van der Waals surface area contributed by atoms with Crippen LogP contribution in [0.25, 0.3) is 11.0 Å². The van der Waals surface area contributed by atoms with Gasteiger partial charge >= 0.3 is 0 Å². The normalized spacial score (nSPS) is 22.2. The number of hydrogen-bond acceptors (Lipinski definition) is 5. The van der Waals surface area contributed by atoms with E-state index in [9.17, 15) is 4.79 Å². The molecule has 1 aromatic heterocycles. The minimum atomic E-state index is 0.125. The molecule has 158 valence electrons. The number of carbonyl (C=O) groups is 1. The van der Waals surface area contributed by atoms with E-state index in [0.29, 0.717) is 19.2 Å². The molecule has 1 atom stereocenters. The number of rotatable bonds is 7. The van der Waals surface area contributed by atoms with Gasteiger partial charge in [0, 0.05) is 38.2 Å². The van der Waals surface area contributed by atoms with E-state index in [4.69, 9.17) is 9.15 Å². The summed E-state index contributed by atoms with van der Waals surface area (Å²) < 4.78 is 10.5. The van der Waals surface area contributed by atoms with E-state index >= 15 is 0 Å². The minimum Gasteiger partial charge on any atom is -0.464 e. The summed E-state index contributed by atoms with van der Waals surface area (Å²) >= 11 is 0. The molecule has 6 heteroatoms. The molecule has 2 aromatic rings. The number of methoxy groups -OCH3 is 1. The van der Waals surface area contributed by atoms with Crippen molar-refractivity contribution in [2.45, 2.75) is 38.3 Å². The molecule has 3 heterocycles. The fraction of sp³-hybridized carbons (Fsp3) is 0.609. The maximum Gasteiger partial charge on any atom is 0.224 e. The second-order valence-corrected chi connectivity index (χ2v) is 8.42. The van der Waals surface area contributed by atoms with Gasteiger partial charge in [-0.3, -0.25) is 14.6 Å². The zero-order valence-electron chi connectivity index (χ0n) is 17.4. The van der Waals surface area contributed by atoms with E-state index in [1.807, 2.05) is 6.07 Å². The van der Waals surface area contributed by atoms with Crippen molar-refractivity contribution in [2.24, 2.45) is 5.92 Å². The van der Waals surface area contributed by atoms with Gasteiger partial charge in [-0.1, -0.05) is 6.07 Å². The Morgan fingerprint density at radius 2 is 2.07 bits per heavy atom. The topological polar surface area (TPSA) is 58.0 Å². The van der Waals surface area contributed by atoms with Crippen molar-refractivity contribution in [1.29, 1.82) is 0 Å². The number of nitrogens with zero attached hydrogens (tertiary/aromatic N) is 2. The molecule has 2 saturated heterocycles. The van der Waals surface area contributed by atoms with Crippen LogP contribution in [0.3, 0.4) is 0 Å². The Morgan fingerprint density at radius 1 is 1.21 bits per heavy atom. The number of benzene rings is 1. The number of fused-ring (bicyclic) bond motifs is 1. The Hall–Kier alpha value is -1.89. The molecule has 1 amide bonds. The standard InChI is InChI=1S/C23H33N3O3/c1-28-14-9-24-23(27)20-3-2-10-26(17-20)21-6-11-25(12-7-21)16-18-4-5-22-19(15-18)8-13-29-22/h4-5,8,13,15,20-21H,2-3,6-7,9-12,14,16-17H2,1H3,(H,24,27). The summed E-state index contributed by atoms with van der Waals surface area (Å²) in [5, 5.41) is 4.20. The summed E-state index contributed by atoms with van der Waals surface area (Å²) in [4.78, 5) is 17.5. The molecule has 0 radical (unpaired) electrons. The van der Waals surface area contributed by atoms with Crippen molar-refractivity contribution in [3.63, 3.8) is 0 Å². The van der Waals surface area contributed by atoms with E-state index < -0.39 is 0 Å². The highest BCUT2D eigenvalue weighted by Gasteiger charge is 2.31. The number of amides is 1. The SMILES string of the molecule is COCCNC(=O)C1CCCN(C2CCN(Cc3ccc4occc4c3)CC2)C1. The molecule has 1 unspecified atom stereocenters. The number of carbonyl (C=O) groups excluding carboxylic acids is 1. The predicted octanol–water partition coefficient (Wildman–Crippen LogP) is 2.87. The van der Waals surface area contributed by atoms with Crippen molar-refractivity contribution in [1.82, 2.24) is 15.1 Å². The fourth-order valence-corrected chi connectivity index (χ4v) is 4.79. The van der Waals surface area contributed by atoms with Gasteiger partial charge in [0.2, 0.25) is 5.91 Å². The quantitative estimate of drug-likeness (QED) is 0.726. The molecular weight excluding hydrogens is 366 g/mol. The lowest BCUT2D eigenvalue weighted by Gasteiger charge is -2.42. The van der Waals surface area contributed by atoms with Crippen molar-refractivity contribution in [3.8, 4) is 0 Å². The van der Waals surface area contributed by atoms with E-state index in [0.717, 1.165) is 51.1 Å². The zero-order valence-corrected chi connectivity index (χ0v) is 17.4. The van der Waals surface area contributed by atoms with Crippen LogP contribution in [0.4, 0.5) is 0 Å². The molecule has 0 spiro atoms. The van der Waals surface area contributed by atoms with Crippen LogP contribution in [0.5, 0.6) is 0 Å². The number of nitrogens with one attached hydrogen (secondary N) is 1. The lowest BCUT2D eigenvalue weighted by atomic mass is 9.93. The van der Waals surface area contributed by atoms with Crippen molar-refractivity contribution < 1.29 is 13.9 Å².